The zero-order chi connectivity index (χ0) is 16.9. The maximum absolute atomic E-state index is 11.5. The van der Waals surface area contributed by atoms with Crippen LogP contribution >= 0.6 is 0 Å². The van der Waals surface area contributed by atoms with Crippen molar-refractivity contribution in [3.8, 4) is 0 Å². The normalized spacial score (nSPS) is 12.2. The smallest absolute Gasteiger partial charge is 0.260 e. The Morgan fingerprint density at radius 3 is 2.58 bits per heavy atom. The fraction of sp³-hybridized carbons (Fsp3) is 0.211. The molecule has 1 atom stereocenters. The number of fused-ring (bicyclic) bond motifs is 1. The summed E-state index contributed by atoms with van der Waals surface area (Å²) in [6.45, 7) is 0.853. The Morgan fingerprint density at radius 1 is 1.12 bits per heavy atom. The van der Waals surface area contributed by atoms with Crippen molar-refractivity contribution >= 4 is 16.8 Å². The van der Waals surface area contributed by atoms with Crippen LogP contribution in [0.4, 0.5) is 0 Å². The quantitative estimate of drug-likeness (QED) is 0.481. The topological polar surface area (TPSA) is 80.3 Å². The first kappa shape index (κ1) is 16.2. The number of amides is 1. The number of hydroxylamine groups is 1. The van der Waals surface area contributed by atoms with E-state index in [1.165, 1.54) is 5.56 Å². The van der Waals surface area contributed by atoms with Crippen LogP contribution in [0.5, 0.6) is 0 Å². The molecule has 0 bridgehead atoms. The molecule has 0 radical (unpaired) electrons. The lowest BCUT2D eigenvalue weighted by atomic mass is 10.1. The number of carbonyl (C=O) groups excluding carboxylic acids is 1. The van der Waals surface area contributed by atoms with Crippen molar-refractivity contribution in [2.24, 2.45) is 5.73 Å². The lowest BCUT2D eigenvalue weighted by Gasteiger charge is -2.08. The van der Waals surface area contributed by atoms with Crippen LogP contribution in [0.1, 0.15) is 11.1 Å². The molecule has 1 aromatic heterocycles. The van der Waals surface area contributed by atoms with E-state index in [-0.39, 0.29) is 0 Å². The minimum atomic E-state index is -0.775. The number of nitrogens with zero attached hydrogens (tertiary/aromatic N) is 1. The molecule has 0 aliphatic heterocycles. The number of hydrogen-bond acceptors (Lipinski definition) is 3. The third-order valence-electron chi connectivity index (χ3n) is 4.24. The summed E-state index contributed by atoms with van der Waals surface area (Å²) in [5.74, 6) is -0.573. The molecule has 3 rings (SSSR count). The predicted octanol–water partition coefficient (Wildman–Crippen LogP) is 2.26. The molecule has 0 saturated heterocycles. The van der Waals surface area contributed by atoms with Crippen LogP contribution in [0.25, 0.3) is 10.9 Å². The van der Waals surface area contributed by atoms with Gasteiger partial charge in [-0.1, -0.05) is 48.5 Å². The highest BCUT2D eigenvalue weighted by Crippen LogP contribution is 2.23. The van der Waals surface area contributed by atoms with Gasteiger partial charge in [-0.15, -0.1) is 0 Å². The minimum absolute atomic E-state index is 0.380. The molecule has 5 nitrogen and oxygen atoms in total. The molecule has 0 aliphatic rings. The molecular formula is C19H21N3O2. The molecule has 0 spiro atoms. The molecule has 5 heteroatoms. The van der Waals surface area contributed by atoms with Gasteiger partial charge in [-0.25, -0.2) is 5.48 Å². The second-order valence-corrected chi connectivity index (χ2v) is 5.89. The summed E-state index contributed by atoms with van der Waals surface area (Å²) in [6.07, 6.45) is 3.37. The Balaban J connectivity index is 1.84. The van der Waals surface area contributed by atoms with Gasteiger partial charge in [0.1, 0.15) is 0 Å². The maximum Gasteiger partial charge on any atom is 0.260 e. The van der Waals surface area contributed by atoms with Gasteiger partial charge in [0.2, 0.25) is 0 Å². The van der Waals surface area contributed by atoms with Gasteiger partial charge in [-0.2, -0.15) is 0 Å². The molecule has 0 saturated carbocycles. The number of nitrogens with two attached hydrogens (primary N) is 1. The zero-order valence-corrected chi connectivity index (χ0v) is 13.4. The summed E-state index contributed by atoms with van der Waals surface area (Å²) < 4.78 is 2.20. The molecule has 24 heavy (non-hydrogen) atoms. The van der Waals surface area contributed by atoms with Gasteiger partial charge in [-0.05, 0) is 30.0 Å². The van der Waals surface area contributed by atoms with Crippen LogP contribution in [-0.2, 0) is 24.2 Å². The molecule has 4 N–H and O–H groups in total. The van der Waals surface area contributed by atoms with E-state index in [1.54, 1.807) is 5.48 Å². The van der Waals surface area contributed by atoms with Crippen LogP contribution < -0.4 is 11.2 Å². The fourth-order valence-electron chi connectivity index (χ4n) is 2.98. The van der Waals surface area contributed by atoms with Crippen LogP contribution in [-0.4, -0.2) is 21.7 Å². The maximum atomic E-state index is 11.5. The predicted molar refractivity (Wildman–Crippen MR) is 93.7 cm³/mol. The molecular weight excluding hydrogens is 302 g/mol. The average Bonchev–Trinajstić information content (AvgIpc) is 2.98. The molecule has 1 heterocycles. The van der Waals surface area contributed by atoms with Gasteiger partial charge < -0.3 is 10.3 Å². The first-order valence-corrected chi connectivity index (χ1v) is 7.99. The molecule has 124 valence electrons. The second kappa shape index (κ2) is 7.29. The summed E-state index contributed by atoms with van der Waals surface area (Å²) >= 11 is 0. The van der Waals surface area contributed by atoms with Gasteiger partial charge in [0.25, 0.3) is 5.91 Å². The molecule has 2 aromatic carbocycles. The van der Waals surface area contributed by atoms with Crippen molar-refractivity contribution in [1.82, 2.24) is 10.0 Å². The van der Waals surface area contributed by atoms with Crippen molar-refractivity contribution < 1.29 is 10.0 Å². The number of rotatable bonds is 6. The number of hydrogen-bond donors (Lipinski definition) is 3. The lowest BCUT2D eigenvalue weighted by molar-refractivity contribution is -0.130. The molecule has 0 aliphatic carbocycles. The van der Waals surface area contributed by atoms with Gasteiger partial charge in [0, 0.05) is 23.6 Å². The average molecular weight is 323 g/mol. The molecule has 3 aromatic rings. The Bertz CT molecular complexity index is 827. The van der Waals surface area contributed by atoms with E-state index in [0.29, 0.717) is 6.42 Å². The number of carbonyl (C=O) groups is 1. The third-order valence-corrected chi connectivity index (χ3v) is 4.24. The number of benzene rings is 2. The van der Waals surface area contributed by atoms with Crippen molar-refractivity contribution in [3.63, 3.8) is 0 Å². The van der Waals surface area contributed by atoms with E-state index in [1.807, 2.05) is 36.4 Å². The van der Waals surface area contributed by atoms with E-state index >= 15 is 0 Å². The summed E-state index contributed by atoms with van der Waals surface area (Å²) in [5, 5.41) is 9.82. The van der Waals surface area contributed by atoms with Crippen molar-refractivity contribution in [1.29, 1.82) is 0 Å². The Kier molecular flexibility index (Phi) is 4.93. The monoisotopic (exact) mass is 323 g/mol. The number of aromatic nitrogens is 1. The van der Waals surface area contributed by atoms with Gasteiger partial charge in [0.05, 0.1) is 6.04 Å². The van der Waals surface area contributed by atoms with Crippen molar-refractivity contribution in [2.45, 2.75) is 25.4 Å². The number of aryl methyl sites for hydroxylation is 2. The Hall–Kier alpha value is -2.63. The van der Waals surface area contributed by atoms with E-state index in [9.17, 15) is 4.79 Å². The van der Waals surface area contributed by atoms with Crippen LogP contribution in [0.3, 0.4) is 0 Å². The summed E-state index contributed by atoms with van der Waals surface area (Å²) in [7, 11) is 0. The van der Waals surface area contributed by atoms with Crippen molar-refractivity contribution in [2.75, 3.05) is 0 Å². The molecule has 1 unspecified atom stereocenters. The van der Waals surface area contributed by atoms with Crippen LogP contribution in [0.2, 0.25) is 0 Å². The van der Waals surface area contributed by atoms with Crippen LogP contribution in [0, 0.1) is 0 Å². The Morgan fingerprint density at radius 2 is 1.83 bits per heavy atom. The highest BCUT2D eigenvalue weighted by Gasteiger charge is 2.16. The summed E-state index contributed by atoms with van der Waals surface area (Å²) in [6, 6.07) is 17.7. The van der Waals surface area contributed by atoms with E-state index in [2.05, 4.69) is 29.0 Å². The van der Waals surface area contributed by atoms with Gasteiger partial charge in [-0.3, -0.25) is 10.0 Å². The van der Waals surface area contributed by atoms with E-state index in [4.69, 9.17) is 10.9 Å². The zero-order valence-electron chi connectivity index (χ0n) is 13.4. The van der Waals surface area contributed by atoms with Crippen LogP contribution in [0.15, 0.2) is 60.8 Å². The SMILES string of the molecule is NC(Cc1cn(CCc2ccccc2)c2ccccc12)C(=O)NO. The van der Waals surface area contributed by atoms with E-state index in [0.717, 1.165) is 29.4 Å². The summed E-state index contributed by atoms with van der Waals surface area (Å²) in [5.41, 5.74) is 10.9. The molecule has 0 fully saturated rings. The van der Waals surface area contributed by atoms with Crippen molar-refractivity contribution in [3.05, 3.63) is 71.9 Å². The molecule has 1 amide bonds. The van der Waals surface area contributed by atoms with Gasteiger partial charge >= 0.3 is 0 Å². The van der Waals surface area contributed by atoms with Gasteiger partial charge in [0.15, 0.2) is 0 Å². The number of nitrogens with one attached hydrogen (secondary N) is 1. The third kappa shape index (κ3) is 3.48. The largest absolute Gasteiger partial charge is 0.347 e. The lowest BCUT2D eigenvalue weighted by Crippen LogP contribution is -2.40. The first-order chi connectivity index (χ1) is 11.7. The van der Waals surface area contributed by atoms with E-state index < -0.39 is 11.9 Å². The highest BCUT2D eigenvalue weighted by atomic mass is 16.5. The number of para-hydroxylation sites is 1. The fourth-order valence-corrected chi connectivity index (χ4v) is 2.98. The summed E-state index contributed by atoms with van der Waals surface area (Å²) in [4.78, 5) is 11.5. The standard InChI is InChI=1S/C19H21N3O2/c20-17(19(23)21-24)12-15-13-22(18-9-5-4-8-16(15)18)11-10-14-6-2-1-3-7-14/h1-9,13,17,24H,10-12,20H2,(H,21,23). The first-order valence-electron chi connectivity index (χ1n) is 7.99. The minimum Gasteiger partial charge on any atom is -0.347 e. The highest BCUT2D eigenvalue weighted by molar-refractivity contribution is 5.86. The second-order valence-electron chi connectivity index (χ2n) is 5.89. The Labute approximate surface area is 140 Å².